The van der Waals surface area contributed by atoms with E-state index in [1.165, 1.54) is 6.92 Å². The molecule has 0 heterocycles. The third-order valence-corrected chi connectivity index (χ3v) is 2.44. The first-order valence-electron chi connectivity index (χ1n) is 5.13. The quantitative estimate of drug-likeness (QED) is 0.487. The Bertz CT molecular complexity index is 256. The molecular formula is C10H20N2O3S. The lowest BCUT2D eigenvalue weighted by atomic mass is 10.0. The Hall–Kier alpha value is -0.750. The van der Waals surface area contributed by atoms with Crippen LogP contribution in [0.25, 0.3) is 0 Å². The monoisotopic (exact) mass is 248 g/mol. The van der Waals surface area contributed by atoms with E-state index in [-0.39, 0.29) is 24.2 Å². The molecule has 2 amide bonds. The fourth-order valence-corrected chi connectivity index (χ4v) is 1.46. The van der Waals surface area contributed by atoms with Gasteiger partial charge in [-0.3, -0.25) is 9.59 Å². The van der Waals surface area contributed by atoms with Crippen molar-refractivity contribution in [1.82, 2.24) is 10.6 Å². The summed E-state index contributed by atoms with van der Waals surface area (Å²) < 4.78 is 0. The third kappa shape index (κ3) is 5.97. The van der Waals surface area contributed by atoms with Crippen LogP contribution in [0.1, 0.15) is 27.2 Å². The number of carbonyl (C=O) groups is 2. The van der Waals surface area contributed by atoms with Crippen LogP contribution < -0.4 is 10.6 Å². The minimum absolute atomic E-state index is 0.00103. The standard InChI is InChI=1S/C10H20N2O3S/c1-7(14)11-8(6-16)9(15)12-10(2,3)4-5-13/h8,13,16H,4-6H2,1-3H3,(H,11,14)(H,12,15). The van der Waals surface area contributed by atoms with Crippen LogP contribution in [-0.4, -0.2) is 40.9 Å². The molecule has 0 rings (SSSR count). The smallest absolute Gasteiger partial charge is 0.243 e. The molecule has 0 aromatic heterocycles. The molecule has 0 spiro atoms. The number of hydrogen-bond donors (Lipinski definition) is 4. The zero-order chi connectivity index (χ0) is 12.8. The van der Waals surface area contributed by atoms with Gasteiger partial charge in [-0.25, -0.2) is 0 Å². The molecule has 0 bridgehead atoms. The van der Waals surface area contributed by atoms with Crippen LogP contribution in [0.15, 0.2) is 0 Å². The fraction of sp³-hybridized carbons (Fsp3) is 0.800. The summed E-state index contributed by atoms with van der Waals surface area (Å²) in [4.78, 5) is 22.6. The average molecular weight is 248 g/mol. The Kier molecular flexibility index (Phi) is 6.43. The number of hydrogen-bond acceptors (Lipinski definition) is 4. The molecule has 0 saturated carbocycles. The zero-order valence-corrected chi connectivity index (χ0v) is 10.8. The van der Waals surface area contributed by atoms with Crippen molar-refractivity contribution in [2.75, 3.05) is 12.4 Å². The SMILES string of the molecule is CC(=O)NC(CS)C(=O)NC(C)(C)CCO. The predicted molar refractivity (Wildman–Crippen MR) is 65.4 cm³/mol. The van der Waals surface area contributed by atoms with Gasteiger partial charge in [0.25, 0.3) is 0 Å². The predicted octanol–water partition coefficient (Wildman–Crippen LogP) is -0.302. The minimum atomic E-state index is -0.640. The molecule has 0 saturated heterocycles. The summed E-state index contributed by atoms with van der Waals surface area (Å²) in [5.74, 6) is -0.321. The number of nitrogens with one attached hydrogen (secondary N) is 2. The molecule has 94 valence electrons. The average Bonchev–Trinajstić information content (AvgIpc) is 2.12. The van der Waals surface area contributed by atoms with Gasteiger partial charge in [-0.05, 0) is 20.3 Å². The van der Waals surface area contributed by atoms with Gasteiger partial charge in [0.15, 0.2) is 0 Å². The maximum atomic E-state index is 11.7. The van der Waals surface area contributed by atoms with E-state index in [1.54, 1.807) is 0 Å². The van der Waals surface area contributed by atoms with Crippen molar-refractivity contribution in [2.45, 2.75) is 38.8 Å². The van der Waals surface area contributed by atoms with Crippen LogP contribution in [0.4, 0.5) is 0 Å². The summed E-state index contributed by atoms with van der Waals surface area (Å²) in [7, 11) is 0. The van der Waals surface area contributed by atoms with Gasteiger partial charge < -0.3 is 15.7 Å². The van der Waals surface area contributed by atoms with E-state index >= 15 is 0 Å². The summed E-state index contributed by atoms with van der Waals surface area (Å²) in [6.07, 6.45) is 0.456. The van der Waals surface area contributed by atoms with Crippen molar-refractivity contribution in [3.05, 3.63) is 0 Å². The van der Waals surface area contributed by atoms with Crippen molar-refractivity contribution >= 4 is 24.4 Å². The number of rotatable bonds is 6. The maximum Gasteiger partial charge on any atom is 0.243 e. The van der Waals surface area contributed by atoms with Gasteiger partial charge in [0.2, 0.25) is 11.8 Å². The summed E-state index contributed by atoms with van der Waals surface area (Å²) in [5.41, 5.74) is -0.495. The fourth-order valence-electron chi connectivity index (χ4n) is 1.20. The van der Waals surface area contributed by atoms with Crippen LogP contribution in [-0.2, 0) is 9.59 Å². The van der Waals surface area contributed by atoms with E-state index in [0.29, 0.717) is 6.42 Å². The molecule has 3 N–H and O–H groups in total. The van der Waals surface area contributed by atoms with Gasteiger partial charge in [-0.15, -0.1) is 0 Å². The molecular weight excluding hydrogens is 228 g/mol. The van der Waals surface area contributed by atoms with E-state index < -0.39 is 11.6 Å². The highest BCUT2D eigenvalue weighted by molar-refractivity contribution is 7.80. The normalized spacial score (nSPS) is 13.1. The highest BCUT2D eigenvalue weighted by atomic mass is 32.1. The summed E-state index contributed by atoms with van der Waals surface area (Å²) >= 11 is 4.01. The Morgan fingerprint density at radius 1 is 1.44 bits per heavy atom. The van der Waals surface area contributed by atoms with Crippen molar-refractivity contribution in [1.29, 1.82) is 0 Å². The number of aliphatic hydroxyl groups excluding tert-OH is 1. The molecule has 1 unspecified atom stereocenters. The number of carbonyl (C=O) groups excluding carboxylic acids is 2. The number of thiol groups is 1. The van der Waals surface area contributed by atoms with Crippen molar-refractivity contribution in [3.8, 4) is 0 Å². The first-order valence-corrected chi connectivity index (χ1v) is 5.76. The lowest BCUT2D eigenvalue weighted by molar-refractivity contribution is -0.128. The van der Waals surface area contributed by atoms with E-state index in [2.05, 4.69) is 23.3 Å². The Morgan fingerprint density at radius 2 is 2.00 bits per heavy atom. The zero-order valence-electron chi connectivity index (χ0n) is 9.91. The third-order valence-electron chi connectivity index (χ3n) is 2.07. The molecule has 0 fully saturated rings. The second-order valence-corrected chi connectivity index (χ2v) is 4.65. The van der Waals surface area contributed by atoms with Crippen LogP contribution in [0.5, 0.6) is 0 Å². The van der Waals surface area contributed by atoms with Gasteiger partial charge in [0.05, 0.1) is 0 Å². The summed E-state index contributed by atoms with van der Waals surface area (Å²) in [6, 6.07) is -0.640. The van der Waals surface area contributed by atoms with Crippen molar-refractivity contribution in [2.24, 2.45) is 0 Å². The van der Waals surface area contributed by atoms with Gasteiger partial charge >= 0.3 is 0 Å². The maximum absolute atomic E-state index is 11.7. The highest BCUT2D eigenvalue weighted by Crippen LogP contribution is 2.07. The van der Waals surface area contributed by atoms with Crippen LogP contribution in [0.2, 0.25) is 0 Å². The number of amides is 2. The lowest BCUT2D eigenvalue weighted by Gasteiger charge is -2.27. The van der Waals surface area contributed by atoms with E-state index in [0.717, 1.165) is 0 Å². The first kappa shape index (κ1) is 15.2. The topological polar surface area (TPSA) is 78.4 Å². The van der Waals surface area contributed by atoms with E-state index in [9.17, 15) is 9.59 Å². The molecule has 5 nitrogen and oxygen atoms in total. The molecule has 0 aromatic rings. The molecule has 1 atom stereocenters. The van der Waals surface area contributed by atoms with Gasteiger partial charge in [-0.2, -0.15) is 12.6 Å². The lowest BCUT2D eigenvalue weighted by Crippen LogP contribution is -2.54. The Morgan fingerprint density at radius 3 is 2.38 bits per heavy atom. The van der Waals surface area contributed by atoms with E-state index in [1.807, 2.05) is 13.8 Å². The van der Waals surface area contributed by atoms with Crippen molar-refractivity contribution in [3.63, 3.8) is 0 Å². The van der Waals surface area contributed by atoms with Crippen LogP contribution in [0.3, 0.4) is 0 Å². The summed E-state index contributed by atoms with van der Waals surface area (Å²) in [5, 5.41) is 14.1. The molecule has 0 radical (unpaired) electrons. The highest BCUT2D eigenvalue weighted by Gasteiger charge is 2.25. The Labute approximate surface area is 101 Å². The second-order valence-electron chi connectivity index (χ2n) is 4.28. The minimum Gasteiger partial charge on any atom is -0.396 e. The van der Waals surface area contributed by atoms with Crippen LogP contribution >= 0.6 is 12.6 Å². The van der Waals surface area contributed by atoms with Crippen molar-refractivity contribution < 1.29 is 14.7 Å². The molecule has 6 heteroatoms. The Balaban J connectivity index is 4.36. The second kappa shape index (κ2) is 6.75. The first-order chi connectivity index (χ1) is 7.32. The molecule has 0 aromatic carbocycles. The van der Waals surface area contributed by atoms with E-state index in [4.69, 9.17) is 5.11 Å². The number of aliphatic hydroxyl groups is 1. The molecule has 0 aliphatic rings. The molecule has 0 aliphatic carbocycles. The van der Waals surface area contributed by atoms with Gasteiger partial charge in [0, 0.05) is 24.8 Å². The van der Waals surface area contributed by atoms with Crippen LogP contribution in [0, 0.1) is 0 Å². The molecule has 0 aliphatic heterocycles. The summed E-state index contributed by atoms with van der Waals surface area (Å²) in [6.45, 7) is 4.97. The van der Waals surface area contributed by atoms with Gasteiger partial charge in [-0.1, -0.05) is 0 Å². The largest absolute Gasteiger partial charge is 0.396 e. The van der Waals surface area contributed by atoms with Gasteiger partial charge in [0.1, 0.15) is 6.04 Å². The molecule has 16 heavy (non-hydrogen) atoms.